The summed E-state index contributed by atoms with van der Waals surface area (Å²) >= 11 is 0. The molecule has 0 amide bonds. The van der Waals surface area contributed by atoms with Crippen molar-refractivity contribution in [1.29, 1.82) is 0 Å². The average molecular weight is 280 g/mol. The van der Waals surface area contributed by atoms with Crippen LogP contribution in [0.25, 0.3) is 0 Å². The molecule has 0 aromatic rings. The molecule has 3 heteroatoms. The van der Waals surface area contributed by atoms with Gasteiger partial charge in [-0.3, -0.25) is 4.90 Å². The van der Waals surface area contributed by atoms with Gasteiger partial charge in [0.25, 0.3) is 0 Å². The van der Waals surface area contributed by atoms with Crippen LogP contribution >= 0.6 is 0 Å². The van der Waals surface area contributed by atoms with E-state index in [1.54, 1.807) is 0 Å². The highest BCUT2D eigenvalue weighted by Crippen LogP contribution is 2.38. The molecule has 1 heterocycles. The lowest BCUT2D eigenvalue weighted by atomic mass is 9.88. The smallest absolute Gasteiger partial charge is 0.0571 e. The molecule has 0 spiro atoms. The molecule has 20 heavy (non-hydrogen) atoms. The SMILES string of the molecule is CC(C)CNC1CC(CC(O)C2CC2)CN(C2CC2)C1. The Hall–Kier alpha value is -0.120. The van der Waals surface area contributed by atoms with E-state index < -0.39 is 0 Å². The van der Waals surface area contributed by atoms with Crippen molar-refractivity contribution in [2.24, 2.45) is 17.8 Å². The summed E-state index contributed by atoms with van der Waals surface area (Å²) in [6, 6.07) is 1.50. The fraction of sp³-hybridized carbons (Fsp3) is 1.00. The van der Waals surface area contributed by atoms with Crippen LogP contribution in [0, 0.1) is 17.8 Å². The van der Waals surface area contributed by atoms with Crippen molar-refractivity contribution in [3.05, 3.63) is 0 Å². The van der Waals surface area contributed by atoms with Crippen LogP contribution in [0.1, 0.15) is 52.4 Å². The van der Waals surface area contributed by atoms with E-state index in [2.05, 4.69) is 24.1 Å². The minimum absolute atomic E-state index is 0.0232. The Bertz CT molecular complexity index is 310. The molecule has 2 aliphatic carbocycles. The molecule has 1 aliphatic heterocycles. The zero-order valence-corrected chi connectivity index (χ0v) is 13.2. The maximum Gasteiger partial charge on any atom is 0.0571 e. The Morgan fingerprint density at radius 2 is 1.90 bits per heavy atom. The van der Waals surface area contributed by atoms with Crippen LogP contribution in [0.15, 0.2) is 0 Å². The summed E-state index contributed by atoms with van der Waals surface area (Å²) in [6.07, 6.45) is 7.59. The van der Waals surface area contributed by atoms with Crippen LogP contribution in [-0.4, -0.2) is 47.8 Å². The van der Waals surface area contributed by atoms with Crippen LogP contribution in [0.2, 0.25) is 0 Å². The first-order valence-corrected chi connectivity index (χ1v) is 8.77. The molecule has 3 rings (SSSR count). The molecule has 3 fully saturated rings. The quantitative estimate of drug-likeness (QED) is 0.751. The fourth-order valence-corrected chi connectivity index (χ4v) is 3.71. The lowest BCUT2D eigenvalue weighted by Crippen LogP contribution is -2.51. The molecule has 3 unspecified atom stereocenters. The second-order valence-corrected chi connectivity index (χ2v) is 7.93. The van der Waals surface area contributed by atoms with Gasteiger partial charge in [0.05, 0.1) is 6.10 Å². The van der Waals surface area contributed by atoms with Crippen LogP contribution in [0.3, 0.4) is 0 Å². The van der Waals surface area contributed by atoms with E-state index >= 15 is 0 Å². The normalized spacial score (nSPS) is 33.6. The number of nitrogens with one attached hydrogen (secondary N) is 1. The van der Waals surface area contributed by atoms with E-state index in [1.807, 2.05) is 0 Å². The van der Waals surface area contributed by atoms with Gasteiger partial charge >= 0.3 is 0 Å². The second kappa shape index (κ2) is 6.33. The van der Waals surface area contributed by atoms with Gasteiger partial charge in [0.15, 0.2) is 0 Å². The number of likely N-dealkylation sites (tertiary alicyclic amines) is 1. The van der Waals surface area contributed by atoms with Crippen molar-refractivity contribution in [2.75, 3.05) is 19.6 Å². The zero-order valence-electron chi connectivity index (χ0n) is 13.2. The van der Waals surface area contributed by atoms with E-state index in [1.165, 1.54) is 45.2 Å². The zero-order chi connectivity index (χ0) is 14.1. The lowest BCUT2D eigenvalue weighted by Gasteiger charge is -2.39. The standard InChI is InChI=1S/C17H32N2O/c1-12(2)9-18-15-7-13(8-17(20)14-3-4-14)10-19(11-15)16-5-6-16/h12-18,20H,3-11H2,1-2H3. The number of aliphatic hydroxyl groups excluding tert-OH is 1. The molecule has 3 aliphatic rings. The summed E-state index contributed by atoms with van der Waals surface area (Å²) in [5, 5.41) is 14.0. The number of hydrogen-bond donors (Lipinski definition) is 2. The monoisotopic (exact) mass is 280 g/mol. The molecule has 116 valence electrons. The predicted octanol–water partition coefficient (Wildman–Crippen LogP) is 2.25. The van der Waals surface area contributed by atoms with E-state index in [9.17, 15) is 5.11 Å². The Morgan fingerprint density at radius 1 is 1.15 bits per heavy atom. The first-order chi connectivity index (χ1) is 9.61. The number of rotatable bonds is 7. The average Bonchev–Trinajstić information content (AvgIpc) is 3.29. The van der Waals surface area contributed by atoms with Crippen LogP contribution in [0.5, 0.6) is 0 Å². The van der Waals surface area contributed by atoms with Gasteiger partial charge in [0.1, 0.15) is 0 Å². The van der Waals surface area contributed by atoms with Crippen molar-refractivity contribution >= 4 is 0 Å². The number of aliphatic hydroxyl groups is 1. The minimum Gasteiger partial charge on any atom is -0.393 e. The van der Waals surface area contributed by atoms with Gasteiger partial charge in [-0.05, 0) is 62.8 Å². The second-order valence-electron chi connectivity index (χ2n) is 7.93. The Balaban J connectivity index is 1.51. The molecule has 2 N–H and O–H groups in total. The van der Waals surface area contributed by atoms with E-state index in [4.69, 9.17) is 0 Å². The van der Waals surface area contributed by atoms with Gasteiger partial charge in [-0.15, -0.1) is 0 Å². The van der Waals surface area contributed by atoms with Gasteiger partial charge < -0.3 is 10.4 Å². The largest absolute Gasteiger partial charge is 0.393 e. The third kappa shape index (κ3) is 4.19. The Morgan fingerprint density at radius 3 is 2.50 bits per heavy atom. The van der Waals surface area contributed by atoms with Crippen LogP contribution < -0.4 is 5.32 Å². The molecule has 3 nitrogen and oxygen atoms in total. The molecule has 1 saturated heterocycles. The maximum atomic E-state index is 10.2. The molecule has 0 aromatic heterocycles. The minimum atomic E-state index is -0.0232. The first-order valence-electron chi connectivity index (χ1n) is 8.77. The summed E-state index contributed by atoms with van der Waals surface area (Å²) in [5.74, 6) is 2.06. The van der Waals surface area contributed by atoms with E-state index in [-0.39, 0.29) is 6.10 Å². The third-order valence-corrected chi connectivity index (χ3v) is 5.18. The Labute approximate surface area is 124 Å². The van der Waals surface area contributed by atoms with Gasteiger partial charge in [-0.2, -0.15) is 0 Å². The fourth-order valence-electron chi connectivity index (χ4n) is 3.71. The van der Waals surface area contributed by atoms with Crippen LogP contribution in [-0.2, 0) is 0 Å². The highest BCUT2D eigenvalue weighted by Gasteiger charge is 2.38. The molecule has 3 atom stereocenters. The van der Waals surface area contributed by atoms with Crippen LogP contribution in [0.4, 0.5) is 0 Å². The van der Waals surface area contributed by atoms with E-state index in [0.717, 1.165) is 24.9 Å². The van der Waals surface area contributed by atoms with Gasteiger partial charge in [0, 0.05) is 25.2 Å². The summed E-state index contributed by atoms with van der Waals surface area (Å²) in [5.41, 5.74) is 0. The summed E-state index contributed by atoms with van der Waals surface area (Å²) < 4.78 is 0. The summed E-state index contributed by atoms with van der Waals surface area (Å²) in [7, 11) is 0. The molecule has 0 bridgehead atoms. The van der Waals surface area contributed by atoms with Crippen molar-refractivity contribution < 1.29 is 5.11 Å². The van der Waals surface area contributed by atoms with Crippen molar-refractivity contribution in [1.82, 2.24) is 10.2 Å². The van der Waals surface area contributed by atoms with Gasteiger partial charge in [-0.25, -0.2) is 0 Å². The first kappa shape index (κ1) is 14.8. The topological polar surface area (TPSA) is 35.5 Å². The van der Waals surface area contributed by atoms with Gasteiger partial charge in [0.2, 0.25) is 0 Å². The molecule has 2 saturated carbocycles. The molecular weight excluding hydrogens is 248 g/mol. The molecule has 0 radical (unpaired) electrons. The third-order valence-electron chi connectivity index (χ3n) is 5.18. The predicted molar refractivity (Wildman–Crippen MR) is 82.7 cm³/mol. The maximum absolute atomic E-state index is 10.2. The van der Waals surface area contributed by atoms with Crippen molar-refractivity contribution in [2.45, 2.75) is 70.6 Å². The number of piperidine rings is 1. The summed E-state index contributed by atoms with van der Waals surface area (Å²) in [6.45, 7) is 8.15. The van der Waals surface area contributed by atoms with Gasteiger partial charge in [-0.1, -0.05) is 13.8 Å². The number of nitrogens with zero attached hydrogens (tertiary/aromatic N) is 1. The highest BCUT2D eigenvalue weighted by atomic mass is 16.3. The lowest BCUT2D eigenvalue weighted by molar-refractivity contribution is 0.0712. The number of hydrogen-bond acceptors (Lipinski definition) is 3. The molecule has 0 aromatic carbocycles. The highest BCUT2D eigenvalue weighted by molar-refractivity contribution is 4.94. The van der Waals surface area contributed by atoms with E-state index in [0.29, 0.717) is 17.9 Å². The Kier molecular flexibility index (Phi) is 4.68. The van der Waals surface area contributed by atoms with Crippen molar-refractivity contribution in [3.63, 3.8) is 0 Å². The molecular formula is C17H32N2O. The van der Waals surface area contributed by atoms with Crippen molar-refractivity contribution in [3.8, 4) is 0 Å². The summed E-state index contributed by atoms with van der Waals surface area (Å²) in [4.78, 5) is 2.70.